The van der Waals surface area contributed by atoms with Crippen molar-refractivity contribution in [3.8, 4) is 11.5 Å². The highest BCUT2D eigenvalue weighted by atomic mass is 79.9. The number of nitrogens with zero attached hydrogens (tertiary/aromatic N) is 1. The lowest BCUT2D eigenvalue weighted by Gasteiger charge is -2.09. The van der Waals surface area contributed by atoms with Crippen molar-refractivity contribution in [3.63, 3.8) is 0 Å². The number of fused-ring (bicyclic) bond motifs is 1. The number of anilines is 1. The van der Waals surface area contributed by atoms with Crippen LogP contribution in [-0.2, 0) is 10.0 Å². The third-order valence-corrected chi connectivity index (χ3v) is 5.19. The predicted molar refractivity (Wildman–Crippen MR) is 80.3 cm³/mol. The van der Waals surface area contributed by atoms with E-state index in [9.17, 15) is 8.42 Å². The van der Waals surface area contributed by atoms with Crippen molar-refractivity contribution in [1.29, 1.82) is 0 Å². The van der Waals surface area contributed by atoms with Crippen molar-refractivity contribution >= 4 is 43.2 Å². The number of pyridine rings is 1. The quantitative estimate of drug-likeness (QED) is 0.814. The highest BCUT2D eigenvalue weighted by Gasteiger charge is 2.19. The number of hydrogen-bond donors (Lipinski definition) is 1. The normalized spacial score (nSPS) is 13.2. The zero-order chi connectivity index (χ0) is 15.0. The summed E-state index contributed by atoms with van der Waals surface area (Å²) in [6.07, 6.45) is 1.18. The fourth-order valence-electron chi connectivity index (χ4n) is 1.72. The molecule has 1 aromatic heterocycles. The number of halogens is 2. The van der Waals surface area contributed by atoms with Gasteiger partial charge < -0.3 is 9.47 Å². The molecule has 3 rings (SSSR count). The van der Waals surface area contributed by atoms with Gasteiger partial charge in [0.05, 0.1) is 10.2 Å². The number of nitrogens with one attached hydrogen (secondary N) is 1. The summed E-state index contributed by atoms with van der Waals surface area (Å²) in [6, 6.07) is 6.16. The molecular weight excluding hydrogens is 384 g/mol. The number of benzene rings is 1. The van der Waals surface area contributed by atoms with Crippen LogP contribution >= 0.6 is 27.5 Å². The zero-order valence-corrected chi connectivity index (χ0v) is 13.5. The Kier molecular flexibility index (Phi) is 3.68. The standard InChI is InChI=1S/C12H8BrClN2O4S/c13-9-4-8(5-15-12(9)14)21(17,18)16-7-1-2-10-11(3-7)20-6-19-10/h1-5,16H,6H2. The molecule has 21 heavy (non-hydrogen) atoms. The molecule has 1 aliphatic heterocycles. The lowest BCUT2D eigenvalue weighted by atomic mass is 10.3. The first-order valence-corrected chi connectivity index (χ1v) is 8.35. The minimum absolute atomic E-state index is 0.00329. The molecule has 0 radical (unpaired) electrons. The highest BCUT2D eigenvalue weighted by Crippen LogP contribution is 2.35. The summed E-state index contributed by atoms with van der Waals surface area (Å²) in [6.45, 7) is 0.125. The van der Waals surface area contributed by atoms with Crippen LogP contribution in [0.5, 0.6) is 11.5 Å². The number of ether oxygens (including phenoxy) is 2. The van der Waals surface area contributed by atoms with E-state index < -0.39 is 10.0 Å². The first kappa shape index (κ1) is 14.4. The van der Waals surface area contributed by atoms with Crippen molar-refractivity contribution in [3.05, 3.63) is 40.1 Å². The maximum absolute atomic E-state index is 12.3. The molecule has 2 heterocycles. The first-order valence-electron chi connectivity index (χ1n) is 5.69. The van der Waals surface area contributed by atoms with Gasteiger partial charge >= 0.3 is 0 Å². The highest BCUT2D eigenvalue weighted by molar-refractivity contribution is 9.10. The van der Waals surface area contributed by atoms with Gasteiger partial charge in [-0.1, -0.05) is 11.6 Å². The van der Waals surface area contributed by atoms with E-state index in [4.69, 9.17) is 21.1 Å². The summed E-state index contributed by atoms with van der Waals surface area (Å²) in [4.78, 5) is 3.80. The van der Waals surface area contributed by atoms with Gasteiger partial charge in [0.15, 0.2) is 11.5 Å². The van der Waals surface area contributed by atoms with Gasteiger partial charge in [0.2, 0.25) is 6.79 Å². The van der Waals surface area contributed by atoms with Crippen LogP contribution < -0.4 is 14.2 Å². The Morgan fingerprint density at radius 1 is 1.24 bits per heavy atom. The third-order valence-electron chi connectivity index (χ3n) is 2.71. The summed E-state index contributed by atoms with van der Waals surface area (Å²) in [5.74, 6) is 1.07. The van der Waals surface area contributed by atoms with Crippen LogP contribution in [0.1, 0.15) is 0 Å². The van der Waals surface area contributed by atoms with Crippen molar-refractivity contribution in [2.45, 2.75) is 4.90 Å². The van der Waals surface area contributed by atoms with Crippen molar-refractivity contribution in [2.75, 3.05) is 11.5 Å². The number of rotatable bonds is 3. The fraction of sp³-hybridized carbons (Fsp3) is 0.0833. The molecule has 0 unspecified atom stereocenters. The first-order chi connectivity index (χ1) is 9.95. The minimum atomic E-state index is -3.77. The number of sulfonamides is 1. The van der Waals surface area contributed by atoms with Crippen LogP contribution in [0, 0.1) is 0 Å². The van der Waals surface area contributed by atoms with Gasteiger partial charge in [0, 0.05) is 12.3 Å². The smallest absolute Gasteiger partial charge is 0.263 e. The van der Waals surface area contributed by atoms with Crippen LogP contribution in [0.25, 0.3) is 0 Å². The topological polar surface area (TPSA) is 77.5 Å². The number of hydrogen-bond acceptors (Lipinski definition) is 5. The van der Waals surface area contributed by atoms with Gasteiger partial charge in [-0.05, 0) is 34.1 Å². The Morgan fingerprint density at radius 2 is 2.00 bits per heavy atom. The summed E-state index contributed by atoms with van der Waals surface area (Å²) in [5.41, 5.74) is 0.366. The average Bonchev–Trinajstić information content (AvgIpc) is 2.88. The van der Waals surface area contributed by atoms with Crippen molar-refractivity contribution in [1.82, 2.24) is 4.98 Å². The second kappa shape index (κ2) is 5.36. The summed E-state index contributed by atoms with van der Waals surface area (Å²) in [7, 11) is -3.77. The summed E-state index contributed by atoms with van der Waals surface area (Å²) >= 11 is 8.89. The average molecular weight is 392 g/mol. The van der Waals surface area contributed by atoms with E-state index in [1.807, 2.05) is 0 Å². The van der Waals surface area contributed by atoms with E-state index in [-0.39, 0.29) is 16.8 Å². The third kappa shape index (κ3) is 2.92. The van der Waals surface area contributed by atoms with Gasteiger partial charge in [-0.25, -0.2) is 13.4 Å². The largest absolute Gasteiger partial charge is 0.454 e. The molecule has 1 N–H and O–H groups in total. The monoisotopic (exact) mass is 390 g/mol. The summed E-state index contributed by atoms with van der Waals surface area (Å²) in [5, 5.41) is 0.192. The Morgan fingerprint density at radius 3 is 2.76 bits per heavy atom. The van der Waals surface area contributed by atoms with Gasteiger partial charge in [-0.15, -0.1) is 0 Å². The Labute approximate surface area is 134 Å². The molecule has 0 atom stereocenters. The molecule has 0 amide bonds. The lowest BCUT2D eigenvalue weighted by Crippen LogP contribution is -2.13. The molecule has 0 saturated heterocycles. The molecule has 0 spiro atoms. The van der Waals surface area contributed by atoms with E-state index in [1.165, 1.54) is 12.3 Å². The maximum atomic E-state index is 12.3. The Hall–Kier alpha value is -1.51. The van der Waals surface area contributed by atoms with Crippen molar-refractivity contribution in [2.24, 2.45) is 0 Å². The second-order valence-electron chi connectivity index (χ2n) is 4.12. The Bertz CT molecular complexity index is 813. The molecule has 6 nitrogen and oxygen atoms in total. The van der Waals surface area contributed by atoms with E-state index in [0.717, 1.165) is 0 Å². The van der Waals surface area contributed by atoms with Gasteiger partial charge in [0.1, 0.15) is 10.0 Å². The van der Waals surface area contributed by atoms with Gasteiger partial charge in [-0.2, -0.15) is 0 Å². The lowest BCUT2D eigenvalue weighted by molar-refractivity contribution is 0.174. The molecule has 110 valence electrons. The van der Waals surface area contributed by atoms with Crippen LogP contribution in [0.15, 0.2) is 39.8 Å². The van der Waals surface area contributed by atoms with Crippen LogP contribution in [0.3, 0.4) is 0 Å². The van der Waals surface area contributed by atoms with Crippen LogP contribution in [-0.4, -0.2) is 20.2 Å². The van der Waals surface area contributed by atoms with E-state index >= 15 is 0 Å². The van der Waals surface area contributed by atoms with Gasteiger partial charge in [0.25, 0.3) is 10.0 Å². The molecule has 9 heteroatoms. The molecule has 0 bridgehead atoms. The molecule has 0 saturated carbocycles. The van der Waals surface area contributed by atoms with Crippen LogP contribution in [0.2, 0.25) is 5.15 Å². The molecule has 0 fully saturated rings. The molecule has 1 aliphatic rings. The second-order valence-corrected chi connectivity index (χ2v) is 7.01. The molecule has 1 aromatic carbocycles. The number of aromatic nitrogens is 1. The predicted octanol–water partition coefficient (Wildman–Crippen LogP) is 3.03. The van der Waals surface area contributed by atoms with Gasteiger partial charge in [-0.3, -0.25) is 4.72 Å². The van der Waals surface area contributed by atoms with Crippen LogP contribution in [0.4, 0.5) is 5.69 Å². The maximum Gasteiger partial charge on any atom is 0.263 e. The molecular formula is C12H8BrClN2O4S. The summed E-state index contributed by atoms with van der Waals surface area (Å²) < 4.78 is 37.8. The van der Waals surface area contributed by atoms with E-state index in [1.54, 1.807) is 18.2 Å². The zero-order valence-electron chi connectivity index (χ0n) is 10.3. The Balaban J connectivity index is 1.90. The minimum Gasteiger partial charge on any atom is -0.454 e. The van der Waals surface area contributed by atoms with E-state index in [0.29, 0.717) is 21.7 Å². The SMILES string of the molecule is O=S(=O)(Nc1ccc2c(c1)OCO2)c1cnc(Cl)c(Br)c1. The van der Waals surface area contributed by atoms with Crippen molar-refractivity contribution < 1.29 is 17.9 Å². The molecule has 2 aromatic rings. The molecule has 0 aliphatic carbocycles. The fourth-order valence-corrected chi connectivity index (χ4v) is 3.35. The van der Waals surface area contributed by atoms with E-state index in [2.05, 4.69) is 25.6 Å².